The lowest BCUT2D eigenvalue weighted by atomic mass is 10.4. The topological polar surface area (TPSA) is 77.5 Å². The fraction of sp³-hybridized carbons (Fsp3) is 0.500. The second-order valence-corrected chi connectivity index (χ2v) is 3.13. The van der Waals surface area contributed by atoms with Gasteiger partial charge in [0, 0.05) is 6.54 Å². The number of amides is 1. The van der Waals surface area contributed by atoms with E-state index in [9.17, 15) is 4.79 Å². The molecule has 0 atom stereocenters. The molecule has 0 saturated heterocycles. The molecule has 1 aromatic rings. The van der Waals surface area contributed by atoms with E-state index in [1.165, 1.54) is 0 Å². The predicted octanol–water partition coefficient (Wildman–Crippen LogP) is 0.180. The van der Waals surface area contributed by atoms with Gasteiger partial charge in [0.1, 0.15) is 18.1 Å². The van der Waals surface area contributed by atoms with E-state index < -0.39 is 0 Å². The van der Waals surface area contributed by atoms with Crippen molar-refractivity contribution in [2.75, 3.05) is 19.8 Å². The number of carbonyl (C=O) groups excluding carboxylic acids is 1. The molecule has 0 aliphatic heterocycles. The molecule has 0 unspecified atom stereocenters. The number of hydrogen-bond donors (Lipinski definition) is 2. The molecule has 1 amide bonds. The van der Waals surface area contributed by atoms with Gasteiger partial charge in [0.15, 0.2) is 0 Å². The Balaban J connectivity index is 2.16. The van der Waals surface area contributed by atoms with Crippen molar-refractivity contribution < 1.29 is 13.9 Å². The Morgan fingerprint density at radius 1 is 1.60 bits per heavy atom. The molecule has 1 aromatic heterocycles. The Bertz CT molecular complexity index is 309. The number of ether oxygens (including phenoxy) is 1. The number of nitrogens with two attached hydrogens (primary N) is 1. The lowest BCUT2D eigenvalue weighted by Gasteiger charge is -2.03. The van der Waals surface area contributed by atoms with Crippen LogP contribution < -0.4 is 11.1 Å². The average molecular weight is 212 g/mol. The number of rotatable bonds is 6. The maximum absolute atomic E-state index is 11.2. The molecule has 84 valence electrons. The Morgan fingerprint density at radius 2 is 2.40 bits per heavy atom. The van der Waals surface area contributed by atoms with E-state index in [0.29, 0.717) is 19.7 Å². The largest absolute Gasteiger partial charge is 0.465 e. The van der Waals surface area contributed by atoms with Crippen LogP contribution in [0.3, 0.4) is 0 Å². The van der Waals surface area contributed by atoms with Gasteiger partial charge in [-0.3, -0.25) is 4.79 Å². The molecule has 0 bridgehead atoms. The van der Waals surface area contributed by atoms with Gasteiger partial charge in [-0.25, -0.2) is 0 Å². The normalized spacial score (nSPS) is 10.3. The number of carbonyl (C=O) groups is 1. The summed E-state index contributed by atoms with van der Waals surface area (Å²) >= 11 is 0. The Kier molecular flexibility index (Phi) is 4.86. The Labute approximate surface area is 88.6 Å². The lowest BCUT2D eigenvalue weighted by molar-refractivity contribution is -0.125. The van der Waals surface area contributed by atoms with E-state index in [1.807, 2.05) is 19.1 Å². The van der Waals surface area contributed by atoms with Gasteiger partial charge in [0.2, 0.25) is 5.91 Å². The molecular weight excluding hydrogens is 196 g/mol. The highest BCUT2D eigenvalue weighted by Gasteiger charge is 2.03. The van der Waals surface area contributed by atoms with E-state index >= 15 is 0 Å². The van der Waals surface area contributed by atoms with Crippen molar-refractivity contribution in [1.29, 1.82) is 0 Å². The number of nitrogens with one attached hydrogen (secondary N) is 1. The summed E-state index contributed by atoms with van der Waals surface area (Å²) in [6, 6.07) is 3.68. The Morgan fingerprint density at radius 3 is 3.00 bits per heavy atom. The number of furan rings is 1. The van der Waals surface area contributed by atoms with Crippen LogP contribution in [-0.4, -0.2) is 25.7 Å². The average Bonchev–Trinajstić information content (AvgIpc) is 2.62. The zero-order chi connectivity index (χ0) is 11.1. The second-order valence-electron chi connectivity index (χ2n) is 3.13. The summed E-state index contributed by atoms with van der Waals surface area (Å²) in [5.74, 6) is 1.40. The third kappa shape index (κ3) is 4.62. The first kappa shape index (κ1) is 11.7. The Hall–Kier alpha value is -1.33. The van der Waals surface area contributed by atoms with Gasteiger partial charge in [-0.05, 0) is 19.1 Å². The van der Waals surface area contributed by atoms with Crippen molar-refractivity contribution in [1.82, 2.24) is 5.32 Å². The van der Waals surface area contributed by atoms with Crippen molar-refractivity contribution in [3.63, 3.8) is 0 Å². The number of hydrogen-bond acceptors (Lipinski definition) is 4. The monoisotopic (exact) mass is 212 g/mol. The van der Waals surface area contributed by atoms with E-state index in [1.54, 1.807) is 0 Å². The third-order valence-electron chi connectivity index (χ3n) is 1.75. The maximum Gasteiger partial charge on any atom is 0.246 e. The minimum absolute atomic E-state index is 0.0386. The van der Waals surface area contributed by atoms with E-state index in [0.717, 1.165) is 11.5 Å². The maximum atomic E-state index is 11.2. The third-order valence-corrected chi connectivity index (χ3v) is 1.75. The molecular formula is C10H16N2O3. The smallest absolute Gasteiger partial charge is 0.246 e. The van der Waals surface area contributed by atoms with Crippen molar-refractivity contribution in [2.24, 2.45) is 5.73 Å². The molecule has 5 nitrogen and oxygen atoms in total. The lowest BCUT2D eigenvalue weighted by Crippen LogP contribution is -2.27. The summed E-state index contributed by atoms with van der Waals surface area (Å²) in [5.41, 5.74) is 5.21. The molecule has 0 saturated carbocycles. The molecule has 0 fully saturated rings. The van der Waals surface area contributed by atoms with Crippen LogP contribution in [0.1, 0.15) is 11.5 Å². The van der Waals surface area contributed by atoms with Gasteiger partial charge in [-0.2, -0.15) is 0 Å². The molecule has 5 heteroatoms. The van der Waals surface area contributed by atoms with Gasteiger partial charge in [-0.1, -0.05) is 0 Å². The highest BCUT2D eigenvalue weighted by atomic mass is 16.5. The fourth-order valence-electron chi connectivity index (χ4n) is 1.07. The predicted molar refractivity (Wildman–Crippen MR) is 55.2 cm³/mol. The van der Waals surface area contributed by atoms with E-state index in [4.69, 9.17) is 14.9 Å². The highest BCUT2D eigenvalue weighted by molar-refractivity contribution is 5.77. The number of aryl methyl sites for hydroxylation is 1. The highest BCUT2D eigenvalue weighted by Crippen LogP contribution is 2.05. The fourth-order valence-corrected chi connectivity index (χ4v) is 1.07. The summed E-state index contributed by atoms with van der Waals surface area (Å²) < 4.78 is 10.3. The van der Waals surface area contributed by atoms with Crippen molar-refractivity contribution in [2.45, 2.75) is 13.5 Å². The molecule has 1 heterocycles. The quantitative estimate of drug-likeness (QED) is 0.659. The summed E-state index contributed by atoms with van der Waals surface area (Å²) in [6.45, 7) is 3.10. The molecule has 0 aromatic carbocycles. The standard InChI is InChI=1S/C10H16N2O3/c1-8-2-3-9(15-8)6-12-10(13)7-14-5-4-11/h2-3H,4-7,11H2,1H3,(H,12,13). The van der Waals surface area contributed by atoms with Crippen molar-refractivity contribution >= 4 is 5.91 Å². The van der Waals surface area contributed by atoms with Crippen molar-refractivity contribution in [3.05, 3.63) is 23.7 Å². The summed E-state index contributed by atoms with van der Waals surface area (Å²) in [7, 11) is 0. The molecule has 0 spiro atoms. The zero-order valence-electron chi connectivity index (χ0n) is 8.79. The van der Waals surface area contributed by atoms with E-state index in [-0.39, 0.29) is 12.5 Å². The second kappa shape index (κ2) is 6.21. The van der Waals surface area contributed by atoms with Crippen LogP contribution in [0.4, 0.5) is 0 Å². The van der Waals surface area contributed by atoms with Gasteiger partial charge in [0.05, 0.1) is 13.2 Å². The van der Waals surface area contributed by atoms with Crippen LogP contribution >= 0.6 is 0 Å². The van der Waals surface area contributed by atoms with Gasteiger partial charge >= 0.3 is 0 Å². The van der Waals surface area contributed by atoms with Crippen molar-refractivity contribution in [3.8, 4) is 0 Å². The van der Waals surface area contributed by atoms with Crippen LogP contribution in [0.2, 0.25) is 0 Å². The minimum Gasteiger partial charge on any atom is -0.465 e. The SMILES string of the molecule is Cc1ccc(CNC(=O)COCCN)o1. The van der Waals surface area contributed by atoms with Gasteiger partial charge in [-0.15, -0.1) is 0 Å². The van der Waals surface area contributed by atoms with Crippen LogP contribution in [-0.2, 0) is 16.1 Å². The first-order chi connectivity index (χ1) is 7.22. The van der Waals surface area contributed by atoms with Crippen LogP contribution in [0, 0.1) is 6.92 Å². The summed E-state index contributed by atoms with van der Waals surface area (Å²) in [6.07, 6.45) is 0. The molecule has 0 aliphatic carbocycles. The van der Waals surface area contributed by atoms with Crippen LogP contribution in [0.25, 0.3) is 0 Å². The zero-order valence-corrected chi connectivity index (χ0v) is 8.79. The molecule has 3 N–H and O–H groups in total. The molecule has 15 heavy (non-hydrogen) atoms. The minimum atomic E-state index is -0.169. The first-order valence-corrected chi connectivity index (χ1v) is 4.82. The summed E-state index contributed by atoms with van der Waals surface area (Å²) in [5, 5.41) is 2.67. The van der Waals surface area contributed by atoms with Crippen LogP contribution in [0.5, 0.6) is 0 Å². The molecule has 1 rings (SSSR count). The molecule has 0 aliphatic rings. The van der Waals surface area contributed by atoms with E-state index in [2.05, 4.69) is 5.32 Å². The van der Waals surface area contributed by atoms with Gasteiger partial charge < -0.3 is 20.2 Å². The summed E-state index contributed by atoms with van der Waals surface area (Å²) in [4.78, 5) is 11.2. The van der Waals surface area contributed by atoms with Gasteiger partial charge in [0.25, 0.3) is 0 Å². The molecule has 0 radical (unpaired) electrons. The first-order valence-electron chi connectivity index (χ1n) is 4.82. The van der Waals surface area contributed by atoms with Crippen LogP contribution in [0.15, 0.2) is 16.5 Å².